The Kier molecular flexibility index (Phi) is 12.0. The van der Waals surface area contributed by atoms with Gasteiger partial charge in [0.2, 0.25) is 0 Å². The van der Waals surface area contributed by atoms with Crippen molar-refractivity contribution in [2.45, 2.75) is 94.6 Å². The van der Waals surface area contributed by atoms with E-state index in [4.69, 9.17) is 19.9 Å². The Bertz CT molecular complexity index is 1400. The number of hydrogen-bond donors (Lipinski definition) is 5. The van der Waals surface area contributed by atoms with E-state index in [0.717, 1.165) is 32.0 Å². The zero-order chi connectivity index (χ0) is 32.9. The lowest BCUT2D eigenvalue weighted by Crippen LogP contribution is -2.38. The topological polar surface area (TPSA) is 303 Å². The van der Waals surface area contributed by atoms with E-state index >= 15 is 0 Å². The molecule has 2 aliphatic heterocycles. The second-order valence-corrected chi connectivity index (χ2v) is 13.3. The molecule has 0 bridgehead atoms. The first-order chi connectivity index (χ1) is 21.2. The van der Waals surface area contributed by atoms with Gasteiger partial charge >= 0.3 is 5.97 Å². The second-order valence-electron chi connectivity index (χ2n) is 10.4. The Balaban J connectivity index is 1.25. The highest BCUT2D eigenvalue weighted by molar-refractivity contribution is 7.59. The molecule has 0 saturated carbocycles. The number of phosphoric ester groups is 2. The maximum absolute atomic E-state index is 12.3. The van der Waals surface area contributed by atoms with E-state index in [0.29, 0.717) is 6.42 Å². The molecule has 4 heterocycles. The number of ether oxygens (including phenoxy) is 3. The highest BCUT2D eigenvalue weighted by Gasteiger charge is 2.47. The van der Waals surface area contributed by atoms with Gasteiger partial charge in [0, 0.05) is 6.42 Å². The molecule has 0 aromatic carbocycles. The molecule has 45 heavy (non-hydrogen) atoms. The summed E-state index contributed by atoms with van der Waals surface area (Å²) in [5, 5.41) is 41.2. The molecule has 0 amide bonds. The van der Waals surface area contributed by atoms with Crippen molar-refractivity contribution < 1.29 is 71.7 Å². The minimum atomic E-state index is -5.68. The molecule has 2 fully saturated rings. The number of imidazole rings is 1. The SMILES string of the molecule is CCCCCCCC(=O)O[C@H]1C(O)O[C@H](COP(=O)([O-])OP(=O)([O-])OC[C@H]2O[C@@H](n3cnc4c(N)ncnc43)[C@H](O)[C@@H]2O)[C@H]1O. The van der Waals surface area contributed by atoms with Crippen LogP contribution in [0, 0.1) is 0 Å². The largest absolute Gasteiger partial charge is 0.756 e. The summed E-state index contributed by atoms with van der Waals surface area (Å²) >= 11 is 0. The summed E-state index contributed by atoms with van der Waals surface area (Å²) < 4.78 is 54.3. The Morgan fingerprint density at radius 1 is 0.956 bits per heavy atom. The third-order valence-electron chi connectivity index (χ3n) is 7.06. The lowest BCUT2D eigenvalue weighted by molar-refractivity contribution is -0.247. The summed E-state index contributed by atoms with van der Waals surface area (Å²) in [4.78, 5) is 48.3. The van der Waals surface area contributed by atoms with E-state index in [1.807, 2.05) is 6.92 Å². The quantitative estimate of drug-likeness (QED) is 0.0753. The zero-order valence-electron chi connectivity index (χ0n) is 24.0. The van der Waals surface area contributed by atoms with Crippen molar-refractivity contribution in [1.29, 1.82) is 0 Å². The van der Waals surface area contributed by atoms with Crippen LogP contribution in [0.4, 0.5) is 5.82 Å². The average molecular weight is 684 g/mol. The van der Waals surface area contributed by atoms with Gasteiger partial charge in [-0.15, -0.1) is 0 Å². The van der Waals surface area contributed by atoms with Crippen LogP contribution in [0.15, 0.2) is 12.7 Å². The van der Waals surface area contributed by atoms with Crippen molar-refractivity contribution in [3.8, 4) is 0 Å². The minimum absolute atomic E-state index is 0.0380. The first-order valence-corrected chi connectivity index (χ1v) is 16.9. The van der Waals surface area contributed by atoms with E-state index in [2.05, 4.69) is 28.3 Å². The number of nitrogens with two attached hydrogens (primary N) is 1. The fourth-order valence-corrected chi connectivity index (χ4v) is 6.73. The van der Waals surface area contributed by atoms with Crippen molar-refractivity contribution in [3.63, 3.8) is 0 Å². The van der Waals surface area contributed by atoms with Gasteiger partial charge in [-0.25, -0.2) is 19.3 Å². The number of hydrogen-bond acceptors (Lipinski definition) is 19. The molecule has 6 N–H and O–H groups in total. The number of carbonyl (C=O) groups excluding carboxylic acids is 1. The third kappa shape index (κ3) is 9.01. The van der Waals surface area contributed by atoms with Gasteiger partial charge < -0.3 is 59.2 Å². The Morgan fingerprint density at radius 2 is 1.60 bits per heavy atom. The first-order valence-electron chi connectivity index (χ1n) is 14.0. The first kappa shape index (κ1) is 35.7. The molecule has 20 nitrogen and oxygen atoms in total. The van der Waals surface area contributed by atoms with Crippen molar-refractivity contribution in [3.05, 3.63) is 12.7 Å². The summed E-state index contributed by atoms with van der Waals surface area (Å²) in [6.07, 6.45) is -6.01. The monoisotopic (exact) mass is 683 g/mol. The molecule has 4 rings (SSSR count). The van der Waals surface area contributed by atoms with Gasteiger partial charge in [-0.05, 0) is 6.42 Å². The molecule has 10 atom stereocenters. The number of anilines is 1. The van der Waals surface area contributed by atoms with E-state index < -0.39 is 84.0 Å². The zero-order valence-corrected chi connectivity index (χ0v) is 25.8. The number of aromatic nitrogens is 4. The average Bonchev–Trinajstić information content (AvgIpc) is 3.61. The molecule has 0 spiro atoms. The molecule has 2 aromatic rings. The summed E-state index contributed by atoms with van der Waals surface area (Å²) in [7, 11) is -11.4. The Morgan fingerprint density at radius 3 is 2.27 bits per heavy atom. The molecule has 0 aliphatic carbocycles. The van der Waals surface area contributed by atoms with Crippen LogP contribution in [0.2, 0.25) is 0 Å². The fourth-order valence-electron chi connectivity index (χ4n) is 4.72. The van der Waals surface area contributed by atoms with E-state index in [9.17, 15) is 44.1 Å². The number of esters is 1. The summed E-state index contributed by atoms with van der Waals surface area (Å²) in [5.41, 5.74) is 6.06. The van der Waals surface area contributed by atoms with Gasteiger partial charge in [-0.2, -0.15) is 0 Å². The van der Waals surface area contributed by atoms with Crippen molar-refractivity contribution in [2.75, 3.05) is 18.9 Å². The predicted molar refractivity (Wildman–Crippen MR) is 144 cm³/mol. The molecular weight excluding hydrogens is 648 g/mol. The van der Waals surface area contributed by atoms with Gasteiger partial charge in [-0.1, -0.05) is 32.6 Å². The smallest absolute Gasteiger partial charge is 0.306 e. The van der Waals surface area contributed by atoms with E-state index in [1.165, 1.54) is 10.9 Å². The number of phosphoric acid groups is 2. The number of aliphatic hydroxyl groups excluding tert-OH is 4. The summed E-state index contributed by atoms with van der Waals surface area (Å²) in [6, 6.07) is 0. The fraction of sp³-hybridized carbons (Fsp3) is 0.739. The lowest BCUT2D eigenvalue weighted by Gasteiger charge is -2.32. The van der Waals surface area contributed by atoms with Crippen molar-refractivity contribution >= 4 is 38.6 Å². The van der Waals surface area contributed by atoms with Crippen LogP contribution in [0.5, 0.6) is 0 Å². The summed E-state index contributed by atoms with van der Waals surface area (Å²) in [6.45, 7) is 0.0408. The van der Waals surface area contributed by atoms with Crippen LogP contribution < -0.4 is 15.5 Å². The molecule has 2 aliphatic rings. The van der Waals surface area contributed by atoms with Crippen molar-refractivity contribution in [1.82, 2.24) is 19.5 Å². The molecule has 2 aromatic heterocycles. The van der Waals surface area contributed by atoms with Crippen LogP contribution in [0.3, 0.4) is 0 Å². The number of fused-ring (bicyclic) bond motifs is 1. The number of unbranched alkanes of at least 4 members (excludes halogenated alkanes) is 4. The van der Waals surface area contributed by atoms with Crippen molar-refractivity contribution in [2.24, 2.45) is 0 Å². The molecule has 254 valence electrons. The molecule has 0 radical (unpaired) electrons. The Hall–Kier alpha value is -2.16. The van der Waals surface area contributed by atoms with Gasteiger partial charge in [0.05, 0.1) is 19.5 Å². The van der Waals surface area contributed by atoms with Gasteiger partial charge in [0.15, 0.2) is 30.1 Å². The number of aliphatic hydroxyl groups is 4. The predicted octanol–water partition coefficient (Wildman–Crippen LogP) is -1.64. The lowest BCUT2D eigenvalue weighted by atomic mass is 10.1. The highest BCUT2D eigenvalue weighted by atomic mass is 31.3. The number of nitrogen functional groups attached to an aromatic ring is 1. The molecule has 2 saturated heterocycles. The van der Waals surface area contributed by atoms with Crippen LogP contribution in [0.1, 0.15) is 51.7 Å². The molecular formula is C23H35N5O15P2-2. The number of rotatable bonds is 16. The van der Waals surface area contributed by atoms with Crippen LogP contribution in [-0.2, 0) is 41.5 Å². The third-order valence-corrected chi connectivity index (χ3v) is 9.59. The number of carbonyl (C=O) groups is 1. The second kappa shape index (κ2) is 15.2. The van der Waals surface area contributed by atoms with Gasteiger partial charge in [-0.3, -0.25) is 18.5 Å². The normalized spacial score (nSPS) is 31.2. The van der Waals surface area contributed by atoms with E-state index in [-0.39, 0.29) is 23.4 Å². The van der Waals surface area contributed by atoms with Crippen LogP contribution in [0.25, 0.3) is 11.2 Å². The standard InChI is InChI=1S/C23H37N5O15P2/c1-2-3-4-5-6-7-14(29)42-19-17(31)13(41-23(19)33)9-39-45(36,37)43-44(34,35)38-8-12-16(30)18(32)22(40-12)28-11-27-15-20(24)25-10-26-21(15)28/h10-13,16-19,22-23,30-33H,2-9H2,1H3,(H,34,35)(H,36,37)(H2,24,25,26)/p-2/t12-,13-,16-,17-,18-,19-,22-,23?/m1/s1. The van der Waals surface area contributed by atoms with Gasteiger partial charge in [0.25, 0.3) is 15.6 Å². The van der Waals surface area contributed by atoms with Crippen LogP contribution in [-0.4, -0.2) is 102 Å². The Labute approximate surface area is 256 Å². The molecule has 22 heteroatoms. The summed E-state index contributed by atoms with van der Waals surface area (Å²) in [5.74, 6) is -0.661. The maximum Gasteiger partial charge on any atom is 0.306 e. The number of nitrogens with zero attached hydrogens (tertiary/aromatic N) is 4. The van der Waals surface area contributed by atoms with Crippen LogP contribution >= 0.6 is 15.6 Å². The maximum atomic E-state index is 12.3. The minimum Gasteiger partial charge on any atom is -0.756 e. The van der Waals surface area contributed by atoms with E-state index in [1.54, 1.807) is 0 Å². The van der Waals surface area contributed by atoms with Gasteiger partial charge in [0.1, 0.15) is 42.4 Å². The molecule has 3 unspecified atom stereocenters. The highest BCUT2D eigenvalue weighted by Crippen LogP contribution is 2.56.